The molecule has 1 aromatic carbocycles. The molecule has 17 heavy (non-hydrogen) atoms. The van der Waals surface area contributed by atoms with E-state index in [-0.39, 0.29) is 13.2 Å². The van der Waals surface area contributed by atoms with Crippen molar-refractivity contribution < 1.29 is 10.2 Å². The van der Waals surface area contributed by atoms with Crippen LogP contribution in [0.3, 0.4) is 0 Å². The predicted octanol–water partition coefficient (Wildman–Crippen LogP) is 1.11. The highest BCUT2D eigenvalue weighted by Crippen LogP contribution is 2.26. The molecular formula is C14H21NO2. The summed E-state index contributed by atoms with van der Waals surface area (Å²) < 4.78 is 0. The van der Waals surface area contributed by atoms with E-state index in [2.05, 4.69) is 29.2 Å². The molecule has 2 rings (SSSR count). The van der Waals surface area contributed by atoms with E-state index < -0.39 is 0 Å². The van der Waals surface area contributed by atoms with Crippen molar-refractivity contribution in [3.05, 3.63) is 35.9 Å². The molecule has 3 heteroatoms. The molecule has 1 aromatic rings. The van der Waals surface area contributed by atoms with Crippen LogP contribution in [0.4, 0.5) is 0 Å². The number of aliphatic hydroxyl groups is 2. The van der Waals surface area contributed by atoms with E-state index in [9.17, 15) is 5.11 Å². The van der Waals surface area contributed by atoms with Crippen LogP contribution in [0.2, 0.25) is 0 Å². The van der Waals surface area contributed by atoms with Crippen LogP contribution in [0.5, 0.6) is 0 Å². The first kappa shape index (κ1) is 12.6. The normalized spacial score (nSPS) is 25.3. The van der Waals surface area contributed by atoms with Gasteiger partial charge in [-0.3, -0.25) is 4.90 Å². The molecule has 1 aliphatic heterocycles. The zero-order chi connectivity index (χ0) is 12.1. The molecule has 0 saturated carbocycles. The monoisotopic (exact) mass is 235 g/mol. The molecule has 0 aromatic heterocycles. The van der Waals surface area contributed by atoms with Crippen LogP contribution in [-0.2, 0) is 6.54 Å². The molecule has 0 bridgehead atoms. The molecule has 2 atom stereocenters. The second kappa shape index (κ2) is 6.15. The standard InChI is InChI=1S/C14H21NO2/c16-7-6-13-9-15(10-14(13)11-17)8-12-4-2-1-3-5-12/h1-5,13-14,16-17H,6-11H2. The minimum Gasteiger partial charge on any atom is -0.396 e. The summed E-state index contributed by atoms with van der Waals surface area (Å²) in [7, 11) is 0. The average molecular weight is 235 g/mol. The first-order valence-electron chi connectivity index (χ1n) is 6.31. The third-order valence-electron chi connectivity index (χ3n) is 3.64. The molecule has 94 valence electrons. The Balaban J connectivity index is 1.91. The lowest BCUT2D eigenvalue weighted by Crippen LogP contribution is -2.20. The fourth-order valence-corrected chi connectivity index (χ4v) is 2.71. The third kappa shape index (κ3) is 3.28. The van der Waals surface area contributed by atoms with Crippen LogP contribution in [-0.4, -0.2) is 41.4 Å². The van der Waals surface area contributed by atoms with E-state index in [1.165, 1.54) is 5.56 Å². The molecule has 3 nitrogen and oxygen atoms in total. The Kier molecular flexibility index (Phi) is 4.54. The van der Waals surface area contributed by atoms with E-state index in [0.717, 1.165) is 26.1 Å². The number of rotatable bonds is 5. The summed E-state index contributed by atoms with van der Waals surface area (Å²) in [6.07, 6.45) is 0.802. The van der Waals surface area contributed by atoms with Gasteiger partial charge < -0.3 is 10.2 Å². The lowest BCUT2D eigenvalue weighted by atomic mass is 9.94. The summed E-state index contributed by atoms with van der Waals surface area (Å²) in [5.41, 5.74) is 1.31. The highest BCUT2D eigenvalue weighted by Gasteiger charge is 2.31. The van der Waals surface area contributed by atoms with Crippen LogP contribution in [0.25, 0.3) is 0 Å². The van der Waals surface area contributed by atoms with Crippen molar-refractivity contribution in [2.24, 2.45) is 11.8 Å². The van der Waals surface area contributed by atoms with Gasteiger partial charge in [0.2, 0.25) is 0 Å². The largest absolute Gasteiger partial charge is 0.396 e. The fraction of sp³-hybridized carbons (Fsp3) is 0.571. The Hall–Kier alpha value is -0.900. The summed E-state index contributed by atoms with van der Waals surface area (Å²) >= 11 is 0. The maximum Gasteiger partial charge on any atom is 0.0474 e. The quantitative estimate of drug-likeness (QED) is 0.803. The molecule has 1 saturated heterocycles. The van der Waals surface area contributed by atoms with Gasteiger partial charge in [-0.05, 0) is 23.8 Å². The number of nitrogens with zero attached hydrogens (tertiary/aromatic N) is 1. The number of likely N-dealkylation sites (tertiary alicyclic amines) is 1. The smallest absolute Gasteiger partial charge is 0.0474 e. The highest BCUT2D eigenvalue weighted by atomic mass is 16.3. The van der Waals surface area contributed by atoms with Crippen LogP contribution < -0.4 is 0 Å². The van der Waals surface area contributed by atoms with Crippen molar-refractivity contribution in [2.75, 3.05) is 26.3 Å². The van der Waals surface area contributed by atoms with Gasteiger partial charge in [0.25, 0.3) is 0 Å². The zero-order valence-electron chi connectivity index (χ0n) is 10.1. The van der Waals surface area contributed by atoms with Crippen molar-refractivity contribution in [2.45, 2.75) is 13.0 Å². The Morgan fingerprint density at radius 2 is 1.76 bits per heavy atom. The van der Waals surface area contributed by atoms with Crippen molar-refractivity contribution >= 4 is 0 Å². The molecule has 0 aliphatic carbocycles. The van der Waals surface area contributed by atoms with Crippen molar-refractivity contribution in [3.63, 3.8) is 0 Å². The van der Waals surface area contributed by atoms with Crippen LogP contribution in [0.1, 0.15) is 12.0 Å². The molecule has 0 amide bonds. The predicted molar refractivity (Wildman–Crippen MR) is 67.5 cm³/mol. The summed E-state index contributed by atoms with van der Waals surface area (Å²) in [5.74, 6) is 0.763. The summed E-state index contributed by atoms with van der Waals surface area (Å²) in [6.45, 7) is 3.33. The van der Waals surface area contributed by atoms with Gasteiger partial charge in [-0.2, -0.15) is 0 Å². The van der Waals surface area contributed by atoms with E-state index in [4.69, 9.17) is 5.11 Å². The Morgan fingerprint density at radius 1 is 1.06 bits per heavy atom. The molecule has 0 spiro atoms. The Bertz CT molecular complexity index is 328. The first-order chi connectivity index (χ1) is 8.33. The maximum absolute atomic E-state index is 9.34. The molecule has 2 unspecified atom stereocenters. The van der Waals surface area contributed by atoms with Gasteiger partial charge in [0.05, 0.1) is 0 Å². The molecule has 1 aliphatic rings. The summed E-state index contributed by atoms with van der Waals surface area (Å²) in [4.78, 5) is 2.37. The summed E-state index contributed by atoms with van der Waals surface area (Å²) in [5, 5.41) is 18.4. The highest BCUT2D eigenvalue weighted by molar-refractivity contribution is 5.14. The molecule has 1 fully saturated rings. The van der Waals surface area contributed by atoms with Crippen molar-refractivity contribution in [3.8, 4) is 0 Å². The number of hydrogen-bond donors (Lipinski definition) is 2. The van der Waals surface area contributed by atoms with Gasteiger partial charge in [0, 0.05) is 32.8 Å². The third-order valence-corrected chi connectivity index (χ3v) is 3.64. The minimum atomic E-state index is 0.223. The maximum atomic E-state index is 9.34. The van der Waals surface area contributed by atoms with E-state index in [1.807, 2.05) is 6.07 Å². The van der Waals surface area contributed by atoms with Crippen molar-refractivity contribution in [1.82, 2.24) is 4.90 Å². The van der Waals surface area contributed by atoms with Gasteiger partial charge in [0.1, 0.15) is 0 Å². The topological polar surface area (TPSA) is 43.7 Å². The molecule has 0 radical (unpaired) electrons. The second-order valence-electron chi connectivity index (χ2n) is 4.89. The number of aliphatic hydroxyl groups excluding tert-OH is 2. The second-order valence-corrected chi connectivity index (χ2v) is 4.89. The lowest BCUT2D eigenvalue weighted by Gasteiger charge is -2.15. The van der Waals surface area contributed by atoms with Gasteiger partial charge in [-0.25, -0.2) is 0 Å². The van der Waals surface area contributed by atoms with Crippen LogP contribution >= 0.6 is 0 Å². The van der Waals surface area contributed by atoms with Crippen LogP contribution in [0, 0.1) is 11.8 Å². The summed E-state index contributed by atoms with van der Waals surface area (Å²) in [6, 6.07) is 10.4. The van der Waals surface area contributed by atoms with E-state index >= 15 is 0 Å². The fourth-order valence-electron chi connectivity index (χ4n) is 2.71. The number of hydrogen-bond acceptors (Lipinski definition) is 3. The SMILES string of the molecule is OCCC1CN(Cc2ccccc2)CC1CO. The molecule has 2 N–H and O–H groups in total. The first-order valence-corrected chi connectivity index (χ1v) is 6.31. The lowest BCUT2D eigenvalue weighted by molar-refractivity contribution is 0.178. The van der Waals surface area contributed by atoms with Gasteiger partial charge in [0.15, 0.2) is 0 Å². The van der Waals surface area contributed by atoms with Crippen molar-refractivity contribution in [1.29, 1.82) is 0 Å². The molecular weight excluding hydrogens is 214 g/mol. The zero-order valence-corrected chi connectivity index (χ0v) is 10.1. The molecule has 1 heterocycles. The average Bonchev–Trinajstić information content (AvgIpc) is 2.73. The Morgan fingerprint density at radius 3 is 2.41 bits per heavy atom. The van der Waals surface area contributed by atoms with Crippen LogP contribution in [0.15, 0.2) is 30.3 Å². The minimum absolute atomic E-state index is 0.223. The number of benzene rings is 1. The van der Waals surface area contributed by atoms with Gasteiger partial charge in [-0.15, -0.1) is 0 Å². The van der Waals surface area contributed by atoms with Gasteiger partial charge in [-0.1, -0.05) is 30.3 Å². The van der Waals surface area contributed by atoms with Gasteiger partial charge >= 0.3 is 0 Å². The Labute approximate surface area is 103 Å². The van der Waals surface area contributed by atoms with E-state index in [1.54, 1.807) is 0 Å². The van der Waals surface area contributed by atoms with E-state index in [0.29, 0.717) is 11.8 Å².